The van der Waals surface area contributed by atoms with E-state index in [-0.39, 0.29) is 12.5 Å². The topological polar surface area (TPSA) is 149 Å². The molecule has 0 aliphatic carbocycles. The summed E-state index contributed by atoms with van der Waals surface area (Å²) in [5.74, 6) is -0.197. The zero-order valence-corrected chi connectivity index (χ0v) is 20.8. The number of aliphatic hydroxyl groups excluding tert-OH is 5. The first-order chi connectivity index (χ1) is 16.3. The Labute approximate surface area is 204 Å². The Morgan fingerprint density at radius 1 is 0.971 bits per heavy atom. The lowest BCUT2D eigenvalue weighted by molar-refractivity contribution is -0.302. The number of rotatable bonds is 18. The Morgan fingerprint density at radius 2 is 1.62 bits per heavy atom. The predicted molar refractivity (Wildman–Crippen MR) is 129 cm³/mol. The Balaban J connectivity index is 2.62. The Morgan fingerprint density at radius 3 is 2.26 bits per heavy atom. The molecule has 34 heavy (non-hydrogen) atoms. The standard InChI is InChI=1S/C25H47NO8/c1-3-5-7-9-10-11-13-15-21(29)26-18(19(28)14-12-8-6-4-2)17-33-25-24(32)23(31)22(30)20(16-27)34-25/h12,14,18-20,22-25,27-28,30-32H,3-11,13,15-17H2,1-2H3,(H,26,29)/b14-12+. The quantitative estimate of drug-likeness (QED) is 0.125. The molecule has 1 aliphatic rings. The van der Waals surface area contributed by atoms with Crippen molar-refractivity contribution in [2.75, 3.05) is 13.2 Å². The number of carbonyl (C=O) groups is 1. The van der Waals surface area contributed by atoms with Gasteiger partial charge < -0.3 is 40.3 Å². The van der Waals surface area contributed by atoms with Crippen molar-refractivity contribution in [3.8, 4) is 0 Å². The van der Waals surface area contributed by atoms with E-state index in [1.165, 1.54) is 25.7 Å². The molecule has 9 heteroatoms. The van der Waals surface area contributed by atoms with Crippen molar-refractivity contribution in [3.63, 3.8) is 0 Å². The molecule has 7 atom stereocenters. The summed E-state index contributed by atoms with van der Waals surface area (Å²) in [6.45, 7) is 3.50. The second-order valence-electron chi connectivity index (χ2n) is 9.14. The van der Waals surface area contributed by atoms with Crippen molar-refractivity contribution in [1.29, 1.82) is 0 Å². The summed E-state index contributed by atoms with van der Waals surface area (Å²) in [7, 11) is 0. The van der Waals surface area contributed by atoms with Gasteiger partial charge in [0.1, 0.15) is 24.4 Å². The molecule has 1 saturated heterocycles. The summed E-state index contributed by atoms with van der Waals surface area (Å²) in [4.78, 5) is 12.5. The summed E-state index contributed by atoms with van der Waals surface area (Å²) >= 11 is 0. The first-order valence-corrected chi connectivity index (χ1v) is 12.9. The van der Waals surface area contributed by atoms with Gasteiger partial charge in [0.15, 0.2) is 6.29 Å². The van der Waals surface area contributed by atoms with Gasteiger partial charge in [-0.1, -0.05) is 77.4 Å². The molecule has 0 bridgehead atoms. The Bertz CT molecular complexity index is 559. The van der Waals surface area contributed by atoms with E-state index in [1.54, 1.807) is 6.08 Å². The van der Waals surface area contributed by atoms with Crippen LogP contribution in [-0.4, -0.2) is 87.5 Å². The van der Waals surface area contributed by atoms with E-state index in [4.69, 9.17) is 9.47 Å². The summed E-state index contributed by atoms with van der Waals surface area (Å²) in [5.41, 5.74) is 0. The molecule has 0 spiro atoms. The van der Waals surface area contributed by atoms with E-state index >= 15 is 0 Å². The summed E-state index contributed by atoms with van der Waals surface area (Å²) in [6.07, 6.45) is 6.29. The lowest BCUT2D eigenvalue weighted by Gasteiger charge is -2.40. The van der Waals surface area contributed by atoms with E-state index < -0.39 is 49.5 Å². The molecule has 0 aromatic heterocycles. The normalized spacial score (nSPS) is 27.1. The summed E-state index contributed by atoms with van der Waals surface area (Å²) < 4.78 is 10.9. The van der Waals surface area contributed by atoms with Gasteiger partial charge in [-0.2, -0.15) is 0 Å². The molecule has 0 radical (unpaired) electrons. The molecule has 1 rings (SSSR count). The number of nitrogens with one attached hydrogen (secondary N) is 1. The van der Waals surface area contributed by atoms with Gasteiger partial charge in [0.25, 0.3) is 0 Å². The molecule has 1 amide bonds. The van der Waals surface area contributed by atoms with Gasteiger partial charge in [0.05, 0.1) is 25.4 Å². The molecule has 7 unspecified atom stereocenters. The highest BCUT2D eigenvalue weighted by Gasteiger charge is 2.44. The third kappa shape index (κ3) is 11.6. The zero-order valence-electron chi connectivity index (χ0n) is 20.8. The third-order valence-electron chi connectivity index (χ3n) is 6.11. The fourth-order valence-electron chi connectivity index (χ4n) is 3.84. The molecule has 1 fully saturated rings. The van der Waals surface area contributed by atoms with E-state index in [0.717, 1.165) is 38.5 Å². The highest BCUT2D eigenvalue weighted by atomic mass is 16.7. The molecular formula is C25H47NO8. The molecule has 6 N–H and O–H groups in total. The highest BCUT2D eigenvalue weighted by Crippen LogP contribution is 2.22. The van der Waals surface area contributed by atoms with Crippen molar-refractivity contribution in [2.45, 2.75) is 127 Å². The number of unbranched alkanes of at least 4 members (excludes halogenated alkanes) is 8. The Kier molecular flexibility index (Phi) is 16.6. The maximum absolute atomic E-state index is 12.5. The zero-order chi connectivity index (χ0) is 25.3. The van der Waals surface area contributed by atoms with Gasteiger partial charge in [-0.05, 0) is 12.8 Å². The first kappa shape index (κ1) is 31.0. The minimum Gasteiger partial charge on any atom is -0.394 e. The summed E-state index contributed by atoms with van der Waals surface area (Å²) in [6, 6.07) is -0.790. The smallest absolute Gasteiger partial charge is 0.220 e. The van der Waals surface area contributed by atoms with Gasteiger partial charge in [0.2, 0.25) is 5.91 Å². The number of carbonyl (C=O) groups excluding carboxylic acids is 1. The largest absolute Gasteiger partial charge is 0.394 e. The van der Waals surface area contributed by atoms with Crippen LogP contribution in [-0.2, 0) is 14.3 Å². The molecule has 200 valence electrons. The lowest BCUT2D eigenvalue weighted by atomic mass is 9.99. The molecule has 1 heterocycles. The van der Waals surface area contributed by atoms with Crippen LogP contribution in [0.1, 0.15) is 84.5 Å². The average molecular weight is 490 g/mol. The molecule has 1 aliphatic heterocycles. The monoisotopic (exact) mass is 489 g/mol. The minimum atomic E-state index is -1.56. The van der Waals surface area contributed by atoms with Crippen LogP contribution in [0.2, 0.25) is 0 Å². The van der Waals surface area contributed by atoms with Crippen LogP contribution < -0.4 is 5.32 Å². The number of hydrogen-bond donors (Lipinski definition) is 6. The number of hydrogen-bond acceptors (Lipinski definition) is 8. The van der Waals surface area contributed by atoms with Crippen molar-refractivity contribution in [1.82, 2.24) is 5.32 Å². The van der Waals surface area contributed by atoms with Crippen LogP contribution >= 0.6 is 0 Å². The summed E-state index contributed by atoms with van der Waals surface area (Å²) in [5, 5.41) is 52.8. The molecule has 0 saturated carbocycles. The first-order valence-electron chi connectivity index (χ1n) is 12.9. The van der Waals surface area contributed by atoms with Crippen LogP contribution in [0.15, 0.2) is 12.2 Å². The van der Waals surface area contributed by atoms with E-state index in [9.17, 15) is 30.3 Å². The second kappa shape index (κ2) is 18.2. The SMILES string of the molecule is CCCC/C=C/C(O)C(COC1OC(CO)C(O)C(O)C1O)NC(=O)CCCCCCCCC. The second-order valence-corrected chi connectivity index (χ2v) is 9.14. The van der Waals surface area contributed by atoms with Crippen LogP contribution in [0.4, 0.5) is 0 Å². The predicted octanol–water partition coefficient (Wildman–Crippen LogP) is 1.54. The molecule has 9 nitrogen and oxygen atoms in total. The van der Waals surface area contributed by atoms with Gasteiger partial charge >= 0.3 is 0 Å². The lowest BCUT2D eigenvalue weighted by Crippen LogP contribution is -2.60. The number of amides is 1. The van der Waals surface area contributed by atoms with Crippen molar-refractivity contribution >= 4 is 5.91 Å². The van der Waals surface area contributed by atoms with Gasteiger partial charge in [0, 0.05) is 6.42 Å². The van der Waals surface area contributed by atoms with Crippen molar-refractivity contribution in [2.24, 2.45) is 0 Å². The number of ether oxygens (including phenoxy) is 2. The van der Waals surface area contributed by atoms with Crippen LogP contribution in [0.3, 0.4) is 0 Å². The van der Waals surface area contributed by atoms with Crippen molar-refractivity contribution in [3.05, 3.63) is 12.2 Å². The van der Waals surface area contributed by atoms with Crippen molar-refractivity contribution < 1.29 is 39.8 Å². The fourth-order valence-corrected chi connectivity index (χ4v) is 3.84. The minimum absolute atomic E-state index is 0.190. The Hall–Kier alpha value is -1.07. The highest BCUT2D eigenvalue weighted by molar-refractivity contribution is 5.76. The van der Waals surface area contributed by atoms with Crippen LogP contribution in [0, 0.1) is 0 Å². The van der Waals surface area contributed by atoms with Crippen LogP contribution in [0.5, 0.6) is 0 Å². The average Bonchev–Trinajstić information content (AvgIpc) is 2.83. The molecule has 0 aromatic rings. The fraction of sp³-hybridized carbons (Fsp3) is 0.880. The third-order valence-corrected chi connectivity index (χ3v) is 6.11. The maximum Gasteiger partial charge on any atom is 0.220 e. The van der Waals surface area contributed by atoms with E-state index in [1.807, 2.05) is 6.08 Å². The van der Waals surface area contributed by atoms with Gasteiger partial charge in [-0.15, -0.1) is 0 Å². The number of allylic oxidation sites excluding steroid dienone is 1. The maximum atomic E-state index is 12.5. The van der Waals surface area contributed by atoms with Gasteiger partial charge in [-0.25, -0.2) is 0 Å². The molecular weight excluding hydrogens is 442 g/mol. The van der Waals surface area contributed by atoms with Gasteiger partial charge in [-0.3, -0.25) is 4.79 Å². The number of aliphatic hydroxyl groups is 5. The molecule has 0 aromatic carbocycles. The van der Waals surface area contributed by atoms with E-state index in [0.29, 0.717) is 6.42 Å². The van der Waals surface area contributed by atoms with Crippen LogP contribution in [0.25, 0.3) is 0 Å². The van der Waals surface area contributed by atoms with E-state index in [2.05, 4.69) is 19.2 Å².